The number of ether oxygens (including phenoxy) is 3. The van der Waals surface area contributed by atoms with Crippen molar-refractivity contribution in [2.75, 3.05) is 21.3 Å². The van der Waals surface area contributed by atoms with Gasteiger partial charge in [0, 0.05) is 0 Å². The number of hydrogen-bond acceptors (Lipinski definition) is 4. The Morgan fingerprint density at radius 2 is 1.19 bits per heavy atom. The third-order valence-electron chi connectivity index (χ3n) is 6.01. The van der Waals surface area contributed by atoms with Crippen molar-refractivity contribution in [1.82, 2.24) is 0 Å². The first-order chi connectivity index (χ1) is 15.6. The molecular weight excluding hydrogens is 400 g/mol. The summed E-state index contributed by atoms with van der Waals surface area (Å²) in [5.74, 6) is 2.35. The third kappa shape index (κ3) is 5.08. The molecule has 0 heterocycles. The Hall–Kier alpha value is -2.98. The summed E-state index contributed by atoms with van der Waals surface area (Å²) < 4.78 is 16.3. The molecule has 0 aromatic heterocycles. The second-order valence-corrected chi connectivity index (χ2v) is 8.00. The Morgan fingerprint density at radius 3 is 1.66 bits per heavy atom. The van der Waals surface area contributed by atoms with E-state index in [1.165, 1.54) is 19.3 Å². The molecule has 0 aliphatic carbocycles. The van der Waals surface area contributed by atoms with Crippen molar-refractivity contribution in [3.63, 3.8) is 0 Å². The van der Waals surface area contributed by atoms with E-state index in [4.69, 9.17) is 14.2 Å². The third-order valence-corrected chi connectivity index (χ3v) is 6.01. The minimum atomic E-state index is -1.33. The second-order valence-electron chi connectivity index (χ2n) is 8.00. The average Bonchev–Trinajstić information content (AvgIpc) is 2.86. The number of benzene rings is 3. The van der Waals surface area contributed by atoms with Gasteiger partial charge in [0.05, 0.1) is 21.3 Å². The Bertz CT molecular complexity index is 930. The maximum Gasteiger partial charge on any atom is 0.140 e. The van der Waals surface area contributed by atoms with Crippen LogP contribution in [0.1, 0.15) is 54.9 Å². The van der Waals surface area contributed by atoms with E-state index in [9.17, 15) is 5.11 Å². The minimum absolute atomic E-state index is 0.747. The van der Waals surface area contributed by atoms with Crippen LogP contribution in [0.15, 0.2) is 66.7 Å². The van der Waals surface area contributed by atoms with Gasteiger partial charge in [-0.2, -0.15) is 0 Å². The highest BCUT2D eigenvalue weighted by atomic mass is 16.5. The quantitative estimate of drug-likeness (QED) is 0.292. The summed E-state index contributed by atoms with van der Waals surface area (Å²) in [6.07, 6.45) is 5.62. The first-order valence-electron chi connectivity index (χ1n) is 11.3. The van der Waals surface area contributed by atoms with Crippen LogP contribution in [0.2, 0.25) is 0 Å². The summed E-state index contributed by atoms with van der Waals surface area (Å²) >= 11 is 0. The van der Waals surface area contributed by atoms with Crippen LogP contribution in [0.3, 0.4) is 0 Å². The van der Waals surface area contributed by atoms with Crippen molar-refractivity contribution in [3.05, 3.63) is 89.0 Å². The molecule has 0 saturated heterocycles. The fraction of sp³-hybridized carbons (Fsp3) is 0.357. The van der Waals surface area contributed by atoms with Gasteiger partial charge in [0.15, 0.2) is 0 Å². The number of aryl methyl sites for hydroxylation is 1. The molecule has 170 valence electrons. The van der Waals surface area contributed by atoms with Crippen molar-refractivity contribution >= 4 is 0 Å². The normalized spacial score (nSPS) is 11.3. The lowest BCUT2D eigenvalue weighted by molar-refractivity contribution is 0.125. The van der Waals surface area contributed by atoms with Crippen LogP contribution in [0.25, 0.3) is 0 Å². The van der Waals surface area contributed by atoms with Gasteiger partial charge >= 0.3 is 0 Å². The van der Waals surface area contributed by atoms with E-state index >= 15 is 0 Å². The van der Waals surface area contributed by atoms with Crippen LogP contribution in [-0.2, 0) is 12.0 Å². The molecule has 1 N–H and O–H groups in total. The molecule has 0 aliphatic rings. The lowest BCUT2D eigenvalue weighted by Gasteiger charge is -2.31. The fourth-order valence-corrected chi connectivity index (χ4v) is 4.11. The summed E-state index contributed by atoms with van der Waals surface area (Å²) in [5, 5.41) is 12.2. The molecule has 0 fully saturated rings. The van der Waals surface area contributed by atoms with E-state index < -0.39 is 5.60 Å². The molecule has 3 aromatic rings. The zero-order valence-corrected chi connectivity index (χ0v) is 19.6. The topological polar surface area (TPSA) is 47.9 Å². The summed E-state index contributed by atoms with van der Waals surface area (Å²) in [6, 6.07) is 21.1. The standard InChI is InChI=1S/C28H34O4/c1-5-6-7-8-9-21-20-24(14-19-27(21)32-4)28(29,22-10-15-25(30-2)16-11-22)23-12-17-26(31-3)18-13-23/h10-20,29H,5-9H2,1-4H3. The van der Waals surface area contributed by atoms with Crippen LogP contribution in [-0.4, -0.2) is 26.4 Å². The predicted octanol–water partition coefficient (Wildman–Crippen LogP) is 6.12. The SMILES string of the molecule is CCCCCCc1cc(C(O)(c2ccc(OC)cc2)c2ccc(OC)cc2)ccc1OC. The van der Waals surface area contributed by atoms with Crippen molar-refractivity contribution in [2.45, 2.75) is 44.6 Å². The predicted molar refractivity (Wildman–Crippen MR) is 129 cm³/mol. The summed E-state index contributed by atoms with van der Waals surface area (Å²) in [5.41, 5.74) is 2.13. The van der Waals surface area contributed by atoms with E-state index in [2.05, 4.69) is 13.0 Å². The Morgan fingerprint density at radius 1 is 0.656 bits per heavy atom. The Kier molecular flexibility index (Phi) is 8.18. The lowest BCUT2D eigenvalue weighted by atomic mass is 9.79. The van der Waals surface area contributed by atoms with Crippen LogP contribution in [0.5, 0.6) is 17.2 Å². The second kappa shape index (κ2) is 11.1. The molecule has 4 nitrogen and oxygen atoms in total. The molecule has 0 aliphatic heterocycles. The molecule has 0 amide bonds. The Balaban J connectivity index is 2.09. The first kappa shape index (κ1) is 23.7. The summed E-state index contributed by atoms with van der Waals surface area (Å²) in [4.78, 5) is 0. The zero-order valence-electron chi connectivity index (χ0n) is 19.6. The number of unbranched alkanes of at least 4 members (excludes halogenated alkanes) is 3. The zero-order chi connectivity index (χ0) is 23.0. The fourth-order valence-electron chi connectivity index (χ4n) is 4.11. The molecule has 32 heavy (non-hydrogen) atoms. The molecule has 0 unspecified atom stereocenters. The highest BCUT2D eigenvalue weighted by Crippen LogP contribution is 2.39. The molecule has 0 saturated carbocycles. The number of rotatable bonds is 11. The van der Waals surface area contributed by atoms with Gasteiger partial charge in [-0.05, 0) is 71.5 Å². The van der Waals surface area contributed by atoms with Gasteiger partial charge < -0.3 is 19.3 Å². The van der Waals surface area contributed by atoms with Crippen LogP contribution >= 0.6 is 0 Å². The molecule has 3 rings (SSSR count). The van der Waals surface area contributed by atoms with Gasteiger partial charge in [-0.3, -0.25) is 0 Å². The van der Waals surface area contributed by atoms with Gasteiger partial charge in [0.1, 0.15) is 22.8 Å². The molecular formula is C28H34O4. The van der Waals surface area contributed by atoms with Gasteiger partial charge in [-0.15, -0.1) is 0 Å². The maximum atomic E-state index is 12.2. The van der Waals surface area contributed by atoms with Crippen molar-refractivity contribution < 1.29 is 19.3 Å². The largest absolute Gasteiger partial charge is 0.497 e. The van der Waals surface area contributed by atoms with Crippen molar-refractivity contribution in [1.29, 1.82) is 0 Å². The first-order valence-corrected chi connectivity index (χ1v) is 11.3. The van der Waals surface area contributed by atoms with Crippen LogP contribution < -0.4 is 14.2 Å². The van der Waals surface area contributed by atoms with E-state index in [1.807, 2.05) is 60.7 Å². The molecule has 4 heteroatoms. The average molecular weight is 435 g/mol. The molecule has 0 spiro atoms. The van der Waals surface area contributed by atoms with E-state index in [0.717, 1.165) is 52.3 Å². The smallest absolute Gasteiger partial charge is 0.140 e. The van der Waals surface area contributed by atoms with Gasteiger partial charge in [-0.25, -0.2) is 0 Å². The van der Waals surface area contributed by atoms with Gasteiger partial charge in [0.2, 0.25) is 0 Å². The monoisotopic (exact) mass is 434 g/mol. The van der Waals surface area contributed by atoms with Gasteiger partial charge in [-0.1, -0.05) is 56.5 Å². The van der Waals surface area contributed by atoms with Crippen molar-refractivity contribution in [3.8, 4) is 17.2 Å². The van der Waals surface area contributed by atoms with Gasteiger partial charge in [0.25, 0.3) is 0 Å². The van der Waals surface area contributed by atoms with E-state index in [1.54, 1.807) is 21.3 Å². The van der Waals surface area contributed by atoms with Crippen LogP contribution in [0.4, 0.5) is 0 Å². The van der Waals surface area contributed by atoms with E-state index in [0.29, 0.717) is 0 Å². The molecule has 0 radical (unpaired) electrons. The Labute approximate surface area is 191 Å². The van der Waals surface area contributed by atoms with Crippen LogP contribution in [0, 0.1) is 0 Å². The number of methoxy groups -OCH3 is 3. The number of aliphatic hydroxyl groups is 1. The summed E-state index contributed by atoms with van der Waals surface area (Å²) in [7, 11) is 4.97. The molecule has 0 atom stereocenters. The van der Waals surface area contributed by atoms with Crippen molar-refractivity contribution in [2.24, 2.45) is 0 Å². The maximum absolute atomic E-state index is 12.2. The molecule has 0 bridgehead atoms. The highest BCUT2D eigenvalue weighted by Gasteiger charge is 2.34. The summed E-state index contributed by atoms with van der Waals surface area (Å²) in [6.45, 7) is 2.21. The highest BCUT2D eigenvalue weighted by molar-refractivity contribution is 5.51. The minimum Gasteiger partial charge on any atom is -0.497 e. The lowest BCUT2D eigenvalue weighted by Crippen LogP contribution is -2.29. The van der Waals surface area contributed by atoms with E-state index in [-0.39, 0.29) is 0 Å². The molecule has 3 aromatic carbocycles. The number of hydrogen-bond donors (Lipinski definition) is 1.